The van der Waals surface area contributed by atoms with E-state index in [4.69, 9.17) is 10.5 Å². The van der Waals surface area contributed by atoms with Gasteiger partial charge >= 0.3 is 0 Å². The maximum absolute atomic E-state index is 13.6. The lowest BCUT2D eigenvalue weighted by Crippen LogP contribution is -2.08. The molecule has 4 aromatic rings. The predicted octanol–water partition coefficient (Wildman–Crippen LogP) is 5.45. The minimum atomic E-state index is -4.04. The van der Waals surface area contributed by atoms with Crippen LogP contribution < -0.4 is 15.8 Å². The molecule has 0 saturated carbocycles. The highest BCUT2D eigenvalue weighted by atomic mass is 32.2. The van der Waals surface area contributed by atoms with Crippen molar-refractivity contribution in [3.05, 3.63) is 94.9 Å². The molecule has 1 heterocycles. The smallest absolute Gasteiger partial charge is 0.211 e. The Morgan fingerprint density at radius 2 is 1.67 bits per heavy atom. The highest BCUT2D eigenvalue weighted by Crippen LogP contribution is 2.44. The van der Waals surface area contributed by atoms with Gasteiger partial charge in [0, 0.05) is 11.3 Å². The number of aryl methyl sites for hydroxylation is 1. The van der Waals surface area contributed by atoms with Crippen LogP contribution in [0.3, 0.4) is 0 Å². The second kappa shape index (κ2) is 9.09. The molecule has 0 bridgehead atoms. The van der Waals surface area contributed by atoms with E-state index >= 15 is 0 Å². The van der Waals surface area contributed by atoms with Gasteiger partial charge in [0.05, 0.1) is 17.7 Å². The summed E-state index contributed by atoms with van der Waals surface area (Å²) in [7, 11) is -2.53. The zero-order valence-electron chi connectivity index (χ0n) is 18.0. The standard InChI is InChI=1S/C25H22N2O4S2/c1-16-7-6-10-18(15-16)27-25-24(33(29,30)20-13-11-19(31-2)12-14-20)21(26)23(32-25)22(28)17-8-4-3-5-9-17/h3-15,27H,26H2,1-2H3. The Bertz CT molecular complexity index is 1410. The van der Waals surface area contributed by atoms with Crippen molar-refractivity contribution in [3.63, 3.8) is 0 Å². The molecule has 0 unspecified atom stereocenters. The quantitative estimate of drug-likeness (QED) is 0.343. The van der Waals surface area contributed by atoms with E-state index in [0.29, 0.717) is 17.0 Å². The average Bonchev–Trinajstić information content (AvgIpc) is 3.15. The highest BCUT2D eigenvalue weighted by Gasteiger charge is 2.31. The van der Waals surface area contributed by atoms with Gasteiger partial charge in [-0.25, -0.2) is 8.42 Å². The van der Waals surface area contributed by atoms with E-state index in [1.807, 2.05) is 31.2 Å². The van der Waals surface area contributed by atoms with Crippen LogP contribution in [0.15, 0.2) is 88.7 Å². The van der Waals surface area contributed by atoms with Crippen LogP contribution in [0, 0.1) is 6.92 Å². The number of nitrogens with two attached hydrogens (primary N) is 1. The molecule has 0 aliphatic heterocycles. The van der Waals surface area contributed by atoms with Crippen LogP contribution in [0.5, 0.6) is 5.75 Å². The predicted molar refractivity (Wildman–Crippen MR) is 132 cm³/mol. The van der Waals surface area contributed by atoms with Gasteiger partial charge in [-0.3, -0.25) is 4.79 Å². The Kier molecular flexibility index (Phi) is 6.22. The Hall–Kier alpha value is -3.62. The number of carbonyl (C=O) groups excluding carboxylic acids is 1. The van der Waals surface area contributed by atoms with Crippen LogP contribution in [0.1, 0.15) is 20.8 Å². The molecule has 0 spiro atoms. The van der Waals surface area contributed by atoms with Gasteiger partial charge in [-0.1, -0.05) is 42.5 Å². The number of anilines is 3. The number of ether oxygens (including phenoxy) is 1. The van der Waals surface area contributed by atoms with Crippen molar-refractivity contribution < 1.29 is 17.9 Å². The van der Waals surface area contributed by atoms with Gasteiger partial charge in [0.1, 0.15) is 20.5 Å². The number of ketones is 1. The summed E-state index contributed by atoms with van der Waals surface area (Å²) in [4.78, 5) is 13.3. The first-order chi connectivity index (χ1) is 15.8. The highest BCUT2D eigenvalue weighted by molar-refractivity contribution is 7.92. The lowest BCUT2D eigenvalue weighted by atomic mass is 10.1. The van der Waals surface area contributed by atoms with Gasteiger partial charge in [-0.2, -0.15) is 0 Å². The number of carbonyl (C=O) groups is 1. The summed E-state index contributed by atoms with van der Waals surface area (Å²) in [6.07, 6.45) is 0. The topological polar surface area (TPSA) is 98.5 Å². The van der Waals surface area contributed by atoms with Crippen LogP contribution in [-0.2, 0) is 9.84 Å². The van der Waals surface area contributed by atoms with Crippen LogP contribution in [0.25, 0.3) is 0 Å². The molecule has 0 saturated heterocycles. The zero-order valence-corrected chi connectivity index (χ0v) is 19.7. The fourth-order valence-corrected chi connectivity index (χ4v) is 6.33. The molecule has 3 aromatic carbocycles. The molecule has 0 aliphatic rings. The second-order valence-corrected chi connectivity index (χ2v) is 10.3. The number of hydrogen-bond donors (Lipinski definition) is 2. The molecule has 168 valence electrons. The van der Waals surface area contributed by atoms with Gasteiger partial charge in [0.15, 0.2) is 0 Å². The first kappa shape index (κ1) is 22.6. The lowest BCUT2D eigenvalue weighted by molar-refractivity contribution is 0.104. The van der Waals surface area contributed by atoms with Crippen molar-refractivity contribution in [1.82, 2.24) is 0 Å². The first-order valence-corrected chi connectivity index (χ1v) is 12.4. The maximum atomic E-state index is 13.6. The summed E-state index contributed by atoms with van der Waals surface area (Å²) in [5, 5.41) is 3.45. The van der Waals surface area contributed by atoms with Gasteiger partial charge in [0.25, 0.3) is 0 Å². The van der Waals surface area contributed by atoms with Crippen molar-refractivity contribution >= 4 is 43.3 Å². The summed E-state index contributed by atoms with van der Waals surface area (Å²) in [5.41, 5.74) is 8.41. The Morgan fingerprint density at radius 1 is 0.970 bits per heavy atom. The number of sulfone groups is 1. The fourth-order valence-electron chi connectivity index (χ4n) is 3.39. The van der Waals surface area contributed by atoms with E-state index in [0.717, 1.165) is 16.9 Å². The number of nitrogens with one attached hydrogen (secondary N) is 1. The molecule has 33 heavy (non-hydrogen) atoms. The van der Waals surface area contributed by atoms with Crippen LogP contribution in [-0.4, -0.2) is 21.3 Å². The summed E-state index contributed by atoms with van der Waals surface area (Å²) in [6.45, 7) is 1.94. The third-order valence-corrected chi connectivity index (χ3v) is 8.16. The largest absolute Gasteiger partial charge is 0.497 e. The van der Waals surface area contributed by atoms with Crippen molar-refractivity contribution in [2.24, 2.45) is 0 Å². The molecule has 6 nitrogen and oxygen atoms in total. The Labute approximate surface area is 196 Å². The van der Waals surface area contributed by atoms with E-state index in [1.165, 1.54) is 19.2 Å². The minimum absolute atomic E-state index is 0.0544. The number of thiophene rings is 1. The van der Waals surface area contributed by atoms with Gasteiger partial charge in [-0.15, -0.1) is 11.3 Å². The number of rotatable bonds is 7. The second-order valence-electron chi connectivity index (χ2n) is 7.37. The van der Waals surface area contributed by atoms with Crippen molar-refractivity contribution in [2.45, 2.75) is 16.7 Å². The van der Waals surface area contributed by atoms with E-state index < -0.39 is 9.84 Å². The molecule has 0 atom stereocenters. The monoisotopic (exact) mass is 478 g/mol. The first-order valence-electron chi connectivity index (χ1n) is 10.1. The van der Waals surface area contributed by atoms with Gasteiger partial charge < -0.3 is 15.8 Å². The lowest BCUT2D eigenvalue weighted by Gasteiger charge is -2.10. The summed E-state index contributed by atoms with van der Waals surface area (Å²) < 4.78 is 32.4. The molecule has 1 aromatic heterocycles. The normalized spacial score (nSPS) is 11.2. The van der Waals surface area contributed by atoms with Crippen LogP contribution in [0.2, 0.25) is 0 Å². The molecule has 0 radical (unpaired) electrons. The molecule has 0 aliphatic carbocycles. The summed E-state index contributed by atoms with van der Waals surface area (Å²) >= 11 is 1.03. The van der Waals surface area contributed by atoms with Crippen molar-refractivity contribution in [2.75, 3.05) is 18.2 Å². The van der Waals surface area contributed by atoms with Crippen molar-refractivity contribution in [1.29, 1.82) is 0 Å². The molecule has 0 fully saturated rings. The number of nitrogen functional groups attached to an aromatic ring is 1. The van der Waals surface area contributed by atoms with Crippen LogP contribution in [0.4, 0.5) is 16.4 Å². The third-order valence-electron chi connectivity index (χ3n) is 5.06. The summed E-state index contributed by atoms with van der Waals surface area (Å²) in [5.74, 6) is 0.201. The van der Waals surface area contributed by atoms with Crippen molar-refractivity contribution in [3.8, 4) is 5.75 Å². The Morgan fingerprint density at radius 3 is 2.30 bits per heavy atom. The third kappa shape index (κ3) is 4.48. The zero-order chi connectivity index (χ0) is 23.6. The average molecular weight is 479 g/mol. The number of benzene rings is 3. The fraction of sp³-hybridized carbons (Fsp3) is 0.0800. The summed E-state index contributed by atoms with van der Waals surface area (Å²) in [6, 6.07) is 22.2. The molecular weight excluding hydrogens is 456 g/mol. The molecule has 4 rings (SSSR count). The minimum Gasteiger partial charge on any atom is -0.497 e. The van der Waals surface area contributed by atoms with E-state index in [-0.39, 0.29) is 31.1 Å². The van der Waals surface area contributed by atoms with Crippen LogP contribution >= 0.6 is 11.3 Å². The van der Waals surface area contributed by atoms with Gasteiger partial charge in [0.2, 0.25) is 15.6 Å². The molecule has 3 N–H and O–H groups in total. The van der Waals surface area contributed by atoms with E-state index in [2.05, 4.69) is 5.32 Å². The number of hydrogen-bond acceptors (Lipinski definition) is 7. The van der Waals surface area contributed by atoms with E-state index in [1.54, 1.807) is 42.5 Å². The SMILES string of the molecule is COc1ccc(S(=O)(=O)c2c(Nc3cccc(C)c3)sc(C(=O)c3ccccc3)c2N)cc1. The molecular formula is C25H22N2O4S2. The van der Waals surface area contributed by atoms with Gasteiger partial charge in [-0.05, 0) is 48.9 Å². The molecule has 8 heteroatoms. The van der Waals surface area contributed by atoms with E-state index in [9.17, 15) is 13.2 Å². The Balaban J connectivity index is 1.87. The number of methoxy groups -OCH3 is 1. The maximum Gasteiger partial charge on any atom is 0.211 e. The molecule has 0 amide bonds.